The Morgan fingerprint density at radius 2 is 2.50 bits per heavy atom. The van der Waals surface area contributed by atoms with Crippen LogP contribution < -0.4 is 10.9 Å². The Labute approximate surface area is 91.4 Å². The van der Waals surface area contributed by atoms with Gasteiger partial charge in [-0.05, 0) is 18.4 Å². The minimum atomic E-state index is -0.360. The summed E-state index contributed by atoms with van der Waals surface area (Å²) >= 11 is 7.54. The highest BCUT2D eigenvalue weighted by Crippen LogP contribution is 2.13. The molecule has 0 spiro atoms. The maximum absolute atomic E-state index is 11.0. The summed E-state index contributed by atoms with van der Waals surface area (Å²) in [6, 6.07) is 0. The summed E-state index contributed by atoms with van der Waals surface area (Å²) in [5.74, 6) is 1.08. The van der Waals surface area contributed by atoms with E-state index in [1.165, 1.54) is 6.20 Å². The Balaban J connectivity index is 2.51. The largest absolute Gasteiger partial charge is 0.382 e. The zero-order valence-electron chi connectivity index (χ0n) is 7.84. The van der Waals surface area contributed by atoms with Gasteiger partial charge in [0.15, 0.2) is 0 Å². The van der Waals surface area contributed by atoms with Gasteiger partial charge >= 0.3 is 0 Å². The molecule has 0 aromatic carbocycles. The lowest BCUT2D eigenvalue weighted by atomic mass is 10.4. The van der Waals surface area contributed by atoms with Crippen LogP contribution in [0.25, 0.3) is 0 Å². The average molecular weight is 234 g/mol. The van der Waals surface area contributed by atoms with E-state index < -0.39 is 0 Å². The quantitative estimate of drug-likeness (QED) is 0.759. The number of nitrogens with zero attached hydrogens (tertiary/aromatic N) is 1. The molecular formula is C8H12ClN3OS. The van der Waals surface area contributed by atoms with Crippen molar-refractivity contribution in [1.82, 2.24) is 10.2 Å². The first kappa shape index (κ1) is 11.4. The Hall–Kier alpha value is -0.680. The smallest absolute Gasteiger partial charge is 0.285 e. The van der Waals surface area contributed by atoms with Gasteiger partial charge in [0.2, 0.25) is 0 Å². The molecule has 0 aliphatic carbocycles. The Morgan fingerprint density at radius 3 is 3.21 bits per heavy atom. The number of halogens is 1. The van der Waals surface area contributed by atoms with E-state index in [-0.39, 0.29) is 10.6 Å². The molecule has 0 unspecified atom stereocenters. The molecule has 1 aromatic heterocycles. The normalized spacial score (nSPS) is 10.1. The molecule has 78 valence electrons. The van der Waals surface area contributed by atoms with Gasteiger partial charge in [0.1, 0.15) is 5.02 Å². The molecule has 0 aliphatic heterocycles. The lowest BCUT2D eigenvalue weighted by Gasteiger charge is -2.05. The molecule has 0 amide bonds. The fourth-order valence-electron chi connectivity index (χ4n) is 0.946. The van der Waals surface area contributed by atoms with E-state index in [9.17, 15) is 4.79 Å². The van der Waals surface area contributed by atoms with Crippen LogP contribution >= 0.6 is 23.4 Å². The van der Waals surface area contributed by atoms with Crippen LogP contribution in [-0.4, -0.2) is 28.8 Å². The minimum absolute atomic E-state index is 0.171. The molecule has 0 saturated heterocycles. The summed E-state index contributed by atoms with van der Waals surface area (Å²) in [6.45, 7) is 0.797. The third kappa shape index (κ3) is 3.23. The van der Waals surface area contributed by atoms with Gasteiger partial charge in [-0.1, -0.05) is 11.6 Å². The maximum Gasteiger partial charge on any atom is 0.285 e. The predicted octanol–water partition coefficient (Wildman–Crippen LogP) is 1.59. The summed E-state index contributed by atoms with van der Waals surface area (Å²) in [5.41, 5.74) is 0.234. The SMILES string of the molecule is CSCCCNc1cn[nH]c(=O)c1Cl. The lowest BCUT2D eigenvalue weighted by Crippen LogP contribution is -2.12. The average Bonchev–Trinajstić information content (AvgIpc) is 2.19. The van der Waals surface area contributed by atoms with Gasteiger partial charge in [0, 0.05) is 6.54 Å². The second kappa shape index (κ2) is 5.93. The van der Waals surface area contributed by atoms with Crippen LogP contribution in [-0.2, 0) is 0 Å². The van der Waals surface area contributed by atoms with Crippen molar-refractivity contribution >= 4 is 29.1 Å². The summed E-state index contributed by atoms with van der Waals surface area (Å²) in [5, 5.41) is 9.15. The van der Waals surface area contributed by atoms with Crippen molar-refractivity contribution in [2.75, 3.05) is 23.9 Å². The van der Waals surface area contributed by atoms with Crippen molar-refractivity contribution in [3.05, 3.63) is 21.6 Å². The van der Waals surface area contributed by atoms with Crippen LogP contribution in [0, 0.1) is 0 Å². The first-order valence-electron chi connectivity index (χ1n) is 4.21. The van der Waals surface area contributed by atoms with Gasteiger partial charge in [-0.25, -0.2) is 5.10 Å². The standard InChI is InChI=1S/C8H12ClN3OS/c1-14-4-2-3-10-6-5-11-12-8(13)7(6)9/h5H,2-4H2,1H3,(H2,10,12,13). The van der Waals surface area contributed by atoms with Gasteiger partial charge in [0.05, 0.1) is 11.9 Å². The number of hydrogen-bond donors (Lipinski definition) is 2. The first-order valence-corrected chi connectivity index (χ1v) is 5.99. The molecule has 0 atom stereocenters. The van der Waals surface area contributed by atoms with Crippen molar-refractivity contribution < 1.29 is 0 Å². The molecule has 0 radical (unpaired) electrons. The van der Waals surface area contributed by atoms with Crippen molar-refractivity contribution in [2.45, 2.75) is 6.42 Å². The Morgan fingerprint density at radius 1 is 1.71 bits per heavy atom. The van der Waals surface area contributed by atoms with E-state index in [1.54, 1.807) is 11.8 Å². The van der Waals surface area contributed by atoms with E-state index in [2.05, 4.69) is 21.8 Å². The number of thioether (sulfide) groups is 1. The third-order valence-electron chi connectivity index (χ3n) is 1.64. The predicted molar refractivity (Wildman–Crippen MR) is 61.4 cm³/mol. The fourth-order valence-corrected chi connectivity index (χ4v) is 1.54. The van der Waals surface area contributed by atoms with Gasteiger partial charge < -0.3 is 5.32 Å². The number of nitrogens with one attached hydrogen (secondary N) is 2. The maximum atomic E-state index is 11.0. The van der Waals surface area contributed by atoms with Crippen LogP contribution in [0.1, 0.15) is 6.42 Å². The van der Waals surface area contributed by atoms with Crippen molar-refractivity contribution in [3.63, 3.8) is 0 Å². The zero-order chi connectivity index (χ0) is 10.4. The second-order valence-electron chi connectivity index (χ2n) is 2.70. The minimum Gasteiger partial charge on any atom is -0.382 e. The second-order valence-corrected chi connectivity index (χ2v) is 4.06. The Bertz CT molecular complexity index is 342. The van der Waals surface area contributed by atoms with E-state index in [0.717, 1.165) is 18.7 Å². The number of rotatable bonds is 5. The molecule has 2 N–H and O–H groups in total. The number of aromatic nitrogens is 2. The van der Waals surface area contributed by atoms with Crippen LogP contribution in [0.4, 0.5) is 5.69 Å². The fraction of sp³-hybridized carbons (Fsp3) is 0.500. The van der Waals surface area contributed by atoms with Gasteiger partial charge in [-0.2, -0.15) is 16.9 Å². The molecule has 4 nitrogen and oxygen atoms in total. The first-order chi connectivity index (χ1) is 6.75. The summed E-state index contributed by atoms with van der Waals surface area (Å²) in [6.07, 6.45) is 4.61. The van der Waals surface area contributed by atoms with Gasteiger partial charge in [0.25, 0.3) is 5.56 Å². The highest BCUT2D eigenvalue weighted by atomic mass is 35.5. The highest BCUT2D eigenvalue weighted by molar-refractivity contribution is 7.98. The molecule has 6 heteroatoms. The van der Waals surface area contributed by atoms with Gasteiger partial charge in [-0.3, -0.25) is 4.79 Å². The van der Waals surface area contributed by atoms with E-state index >= 15 is 0 Å². The lowest BCUT2D eigenvalue weighted by molar-refractivity contribution is 0.959. The number of anilines is 1. The molecule has 1 heterocycles. The van der Waals surface area contributed by atoms with E-state index in [0.29, 0.717) is 5.69 Å². The van der Waals surface area contributed by atoms with E-state index in [1.807, 2.05) is 0 Å². The molecule has 1 rings (SSSR count). The number of aromatic amines is 1. The van der Waals surface area contributed by atoms with E-state index in [4.69, 9.17) is 11.6 Å². The van der Waals surface area contributed by atoms with Gasteiger partial charge in [-0.15, -0.1) is 0 Å². The molecular weight excluding hydrogens is 222 g/mol. The van der Waals surface area contributed by atoms with Crippen LogP contribution in [0.5, 0.6) is 0 Å². The number of hydrogen-bond acceptors (Lipinski definition) is 4. The molecule has 0 aliphatic rings. The number of H-pyrrole nitrogens is 1. The van der Waals surface area contributed by atoms with Crippen LogP contribution in [0.2, 0.25) is 5.02 Å². The van der Waals surface area contributed by atoms with Crippen molar-refractivity contribution in [2.24, 2.45) is 0 Å². The molecule has 1 aromatic rings. The molecule has 0 fully saturated rings. The zero-order valence-corrected chi connectivity index (χ0v) is 9.41. The topological polar surface area (TPSA) is 57.8 Å². The monoisotopic (exact) mass is 233 g/mol. The highest BCUT2D eigenvalue weighted by Gasteiger charge is 2.02. The van der Waals surface area contributed by atoms with Crippen LogP contribution in [0.3, 0.4) is 0 Å². The molecule has 14 heavy (non-hydrogen) atoms. The molecule has 0 saturated carbocycles. The summed E-state index contributed by atoms with van der Waals surface area (Å²) in [4.78, 5) is 11.0. The van der Waals surface area contributed by atoms with Crippen molar-refractivity contribution in [3.8, 4) is 0 Å². The Kier molecular flexibility index (Phi) is 4.82. The van der Waals surface area contributed by atoms with Crippen molar-refractivity contribution in [1.29, 1.82) is 0 Å². The van der Waals surface area contributed by atoms with Crippen LogP contribution in [0.15, 0.2) is 11.0 Å². The summed E-state index contributed by atoms with van der Waals surface area (Å²) < 4.78 is 0. The third-order valence-corrected chi connectivity index (χ3v) is 2.71. The summed E-state index contributed by atoms with van der Waals surface area (Å²) in [7, 11) is 0. The molecule has 0 bridgehead atoms.